The van der Waals surface area contributed by atoms with Gasteiger partial charge in [-0.15, -0.1) is 0 Å². The summed E-state index contributed by atoms with van der Waals surface area (Å²) in [6, 6.07) is 34.0. The summed E-state index contributed by atoms with van der Waals surface area (Å²) in [4.78, 5) is 41.9. The Labute approximate surface area is 277 Å². The minimum Gasteiger partial charge on any atom is -0.481 e. The summed E-state index contributed by atoms with van der Waals surface area (Å²) >= 11 is 0. The molecule has 2 amide bonds. The first-order chi connectivity index (χ1) is 22.9. The number of carbonyl (C=O) groups is 3. The number of nitrogens with one attached hydrogen (secondary N) is 1. The molecule has 1 aliphatic carbocycles. The lowest BCUT2D eigenvalue weighted by Crippen LogP contribution is -2.35. The molecular weight excluding hydrogens is 586 g/mol. The highest BCUT2D eigenvalue weighted by molar-refractivity contribution is 5.97. The molecule has 2 fully saturated rings. The lowest BCUT2D eigenvalue weighted by Gasteiger charge is -2.35. The summed E-state index contributed by atoms with van der Waals surface area (Å²) in [5.74, 6) is -0.328. The van der Waals surface area contributed by atoms with Crippen LogP contribution in [0.4, 0.5) is 11.4 Å². The zero-order valence-corrected chi connectivity index (χ0v) is 26.8. The van der Waals surface area contributed by atoms with Gasteiger partial charge in [0.05, 0.1) is 17.8 Å². The molecule has 2 N–H and O–H groups in total. The summed E-state index contributed by atoms with van der Waals surface area (Å²) in [5, 5.41) is 12.6. The summed E-state index contributed by atoms with van der Waals surface area (Å²) in [7, 11) is 0. The molecule has 1 saturated carbocycles. The fourth-order valence-corrected chi connectivity index (χ4v) is 6.64. The lowest BCUT2D eigenvalue weighted by molar-refractivity contribution is -0.137. The van der Waals surface area contributed by atoms with Gasteiger partial charge in [-0.3, -0.25) is 14.4 Å². The number of anilines is 2. The molecule has 4 aromatic rings. The van der Waals surface area contributed by atoms with Crippen LogP contribution in [-0.4, -0.2) is 47.4 Å². The van der Waals surface area contributed by atoms with Crippen LogP contribution < -0.4 is 10.2 Å². The largest absolute Gasteiger partial charge is 0.481 e. The zero-order valence-electron chi connectivity index (χ0n) is 26.8. The Balaban J connectivity index is 1.21. The number of carbonyl (C=O) groups excluding carboxylic acids is 2. The van der Waals surface area contributed by atoms with Gasteiger partial charge in [0.25, 0.3) is 5.91 Å². The fraction of sp³-hybridized carbons (Fsp3) is 0.325. The van der Waals surface area contributed by atoms with Gasteiger partial charge in [-0.1, -0.05) is 79.2 Å². The number of carboxylic acids is 1. The van der Waals surface area contributed by atoms with Crippen LogP contribution in [0.2, 0.25) is 0 Å². The molecule has 4 aromatic carbocycles. The maximum Gasteiger partial charge on any atom is 0.305 e. The number of benzene rings is 4. The molecular formula is C40H43N3O4. The Hall–Kier alpha value is -4.91. The third-order valence-corrected chi connectivity index (χ3v) is 9.59. The highest BCUT2D eigenvalue weighted by atomic mass is 16.4. The third-order valence-electron chi connectivity index (χ3n) is 9.59. The number of aliphatic carboxylic acids is 1. The van der Waals surface area contributed by atoms with Crippen molar-refractivity contribution in [2.24, 2.45) is 11.8 Å². The molecule has 1 saturated heterocycles. The van der Waals surface area contributed by atoms with Crippen molar-refractivity contribution in [3.63, 3.8) is 0 Å². The number of hydrogen-bond acceptors (Lipinski definition) is 4. The van der Waals surface area contributed by atoms with Crippen molar-refractivity contribution >= 4 is 29.2 Å². The average molecular weight is 630 g/mol. The second-order valence-electron chi connectivity index (χ2n) is 12.9. The van der Waals surface area contributed by atoms with Gasteiger partial charge < -0.3 is 20.2 Å². The van der Waals surface area contributed by atoms with Crippen LogP contribution in [0.15, 0.2) is 103 Å². The van der Waals surface area contributed by atoms with Gasteiger partial charge in [-0.2, -0.15) is 0 Å². The monoisotopic (exact) mass is 629 g/mol. The van der Waals surface area contributed by atoms with Crippen molar-refractivity contribution in [3.8, 4) is 11.1 Å². The van der Waals surface area contributed by atoms with E-state index in [2.05, 4.69) is 58.7 Å². The number of rotatable bonds is 12. The molecule has 0 radical (unpaired) electrons. The fourth-order valence-electron chi connectivity index (χ4n) is 6.64. The maximum atomic E-state index is 13.3. The highest BCUT2D eigenvalue weighted by Crippen LogP contribution is 2.36. The molecule has 242 valence electrons. The van der Waals surface area contributed by atoms with Gasteiger partial charge in [0.2, 0.25) is 5.91 Å². The Morgan fingerprint density at radius 2 is 1.45 bits per heavy atom. The van der Waals surface area contributed by atoms with Crippen LogP contribution >= 0.6 is 0 Å². The minimum absolute atomic E-state index is 0.0744. The van der Waals surface area contributed by atoms with Crippen LogP contribution in [-0.2, 0) is 22.6 Å². The van der Waals surface area contributed by atoms with Crippen molar-refractivity contribution in [1.82, 2.24) is 4.90 Å². The van der Waals surface area contributed by atoms with Gasteiger partial charge in [0.15, 0.2) is 0 Å². The van der Waals surface area contributed by atoms with Gasteiger partial charge in [0, 0.05) is 37.7 Å². The van der Waals surface area contributed by atoms with Crippen molar-refractivity contribution in [1.29, 1.82) is 0 Å². The molecule has 1 aliphatic heterocycles. The molecule has 2 aliphatic rings. The molecule has 7 heteroatoms. The van der Waals surface area contributed by atoms with E-state index in [0.29, 0.717) is 11.5 Å². The standard InChI is InChI=1S/C40H43N3O4/c44-38(45)21-24-43(40(47)33-12-5-2-6-13-33)28-31-11-7-16-34(26-31)35-17-18-37(36(27-35)41-39(46)32-14-8-15-32)42-22-19-30(20-23-42)25-29-9-3-1-4-10-29/h1-7,9-13,16-18,26-27,30,32H,8,14-15,19-25,28H2,(H,41,46)(H,44,45). The molecule has 0 aromatic heterocycles. The van der Waals surface area contributed by atoms with Crippen LogP contribution in [0.25, 0.3) is 11.1 Å². The Morgan fingerprint density at radius 3 is 2.13 bits per heavy atom. The first-order valence-corrected chi connectivity index (χ1v) is 16.8. The van der Waals surface area contributed by atoms with Crippen molar-refractivity contribution in [2.45, 2.75) is 51.5 Å². The molecule has 0 unspecified atom stereocenters. The summed E-state index contributed by atoms with van der Waals surface area (Å²) in [6.45, 7) is 2.29. The van der Waals surface area contributed by atoms with E-state index in [1.807, 2.05) is 30.3 Å². The summed E-state index contributed by atoms with van der Waals surface area (Å²) in [5.41, 5.74) is 6.67. The molecule has 0 spiro atoms. The van der Waals surface area contributed by atoms with Gasteiger partial charge >= 0.3 is 5.97 Å². The van der Waals surface area contributed by atoms with Crippen LogP contribution in [0.5, 0.6) is 0 Å². The highest BCUT2D eigenvalue weighted by Gasteiger charge is 2.27. The molecule has 0 atom stereocenters. The van der Waals surface area contributed by atoms with Crippen LogP contribution in [0, 0.1) is 11.8 Å². The Kier molecular flexibility index (Phi) is 10.3. The number of hydrogen-bond donors (Lipinski definition) is 2. The quantitative estimate of drug-likeness (QED) is 0.168. The zero-order chi connectivity index (χ0) is 32.6. The predicted octanol–water partition coefficient (Wildman–Crippen LogP) is 7.67. The second-order valence-corrected chi connectivity index (χ2v) is 12.9. The van der Waals surface area contributed by atoms with Gasteiger partial charge in [0.1, 0.15) is 0 Å². The number of nitrogens with zero attached hydrogens (tertiary/aromatic N) is 2. The van der Waals surface area contributed by atoms with E-state index in [9.17, 15) is 19.5 Å². The first-order valence-electron chi connectivity index (χ1n) is 16.8. The first kappa shape index (κ1) is 32.0. The van der Waals surface area contributed by atoms with Crippen LogP contribution in [0.3, 0.4) is 0 Å². The molecule has 1 heterocycles. The maximum absolute atomic E-state index is 13.3. The molecule has 7 nitrogen and oxygen atoms in total. The van der Waals surface area contributed by atoms with E-state index in [-0.39, 0.29) is 37.2 Å². The minimum atomic E-state index is -0.943. The summed E-state index contributed by atoms with van der Waals surface area (Å²) in [6.07, 6.45) is 6.15. The topological polar surface area (TPSA) is 89.9 Å². The van der Waals surface area contributed by atoms with E-state index in [1.54, 1.807) is 29.2 Å². The van der Waals surface area contributed by atoms with Crippen LogP contribution in [0.1, 0.15) is 60.0 Å². The molecule has 47 heavy (non-hydrogen) atoms. The summed E-state index contributed by atoms with van der Waals surface area (Å²) < 4.78 is 0. The number of piperidine rings is 1. The van der Waals surface area contributed by atoms with E-state index >= 15 is 0 Å². The van der Waals surface area contributed by atoms with E-state index in [0.717, 1.165) is 79.7 Å². The molecule has 0 bridgehead atoms. The van der Waals surface area contributed by atoms with Gasteiger partial charge in [-0.25, -0.2) is 0 Å². The van der Waals surface area contributed by atoms with Crippen molar-refractivity contribution in [2.75, 3.05) is 29.9 Å². The predicted molar refractivity (Wildman–Crippen MR) is 186 cm³/mol. The Bertz CT molecular complexity index is 1680. The van der Waals surface area contributed by atoms with Crippen molar-refractivity contribution in [3.05, 3.63) is 120 Å². The second kappa shape index (κ2) is 15.1. The SMILES string of the molecule is O=C(O)CCN(Cc1cccc(-c2ccc(N3CCC(Cc4ccccc4)CC3)c(NC(=O)C3CCC3)c2)c1)C(=O)c1ccccc1. The van der Waals surface area contributed by atoms with E-state index in [4.69, 9.17) is 0 Å². The van der Waals surface area contributed by atoms with E-state index < -0.39 is 5.97 Å². The lowest BCUT2D eigenvalue weighted by atomic mass is 9.84. The third kappa shape index (κ3) is 8.28. The normalized spacial score (nSPS) is 15.1. The molecule has 6 rings (SSSR count). The van der Waals surface area contributed by atoms with Gasteiger partial charge in [-0.05, 0) is 90.6 Å². The number of amides is 2. The Morgan fingerprint density at radius 1 is 0.766 bits per heavy atom. The average Bonchev–Trinajstić information content (AvgIpc) is 3.07. The van der Waals surface area contributed by atoms with Crippen molar-refractivity contribution < 1.29 is 19.5 Å². The van der Waals surface area contributed by atoms with E-state index in [1.165, 1.54) is 5.56 Å². The smallest absolute Gasteiger partial charge is 0.305 e. The number of carboxylic acid groups (broad SMARTS) is 1.